The summed E-state index contributed by atoms with van der Waals surface area (Å²) in [6.45, 7) is 1.49. The smallest absolute Gasteiger partial charge is 0.187 e. The SMILES string of the molecule is C(=COc1ccccc1)CC1=NCCO1. The molecule has 0 saturated heterocycles. The molecule has 1 aliphatic rings. The van der Waals surface area contributed by atoms with Gasteiger partial charge in [-0.3, -0.25) is 4.99 Å². The fraction of sp³-hybridized carbons (Fsp3) is 0.250. The fourth-order valence-electron chi connectivity index (χ4n) is 1.28. The molecule has 2 rings (SSSR count). The molecule has 15 heavy (non-hydrogen) atoms. The minimum absolute atomic E-state index is 0.701. The standard InChI is InChI=1S/C12H13NO2/c1-2-5-11(6-3-1)14-9-4-7-12-13-8-10-15-12/h1-6,9H,7-8,10H2. The molecule has 3 heteroatoms. The molecule has 0 unspecified atom stereocenters. The van der Waals surface area contributed by atoms with Crippen LogP contribution in [0.4, 0.5) is 0 Å². The highest BCUT2D eigenvalue weighted by molar-refractivity contribution is 5.78. The van der Waals surface area contributed by atoms with Crippen molar-refractivity contribution < 1.29 is 9.47 Å². The number of ether oxygens (including phenoxy) is 2. The van der Waals surface area contributed by atoms with Crippen LogP contribution in [0, 0.1) is 0 Å². The first kappa shape index (κ1) is 9.77. The van der Waals surface area contributed by atoms with E-state index in [0.29, 0.717) is 13.0 Å². The molecule has 3 nitrogen and oxygen atoms in total. The number of para-hydroxylation sites is 1. The van der Waals surface area contributed by atoms with E-state index in [1.54, 1.807) is 6.26 Å². The third kappa shape index (κ3) is 3.13. The van der Waals surface area contributed by atoms with Crippen LogP contribution in [0.15, 0.2) is 47.7 Å². The van der Waals surface area contributed by atoms with E-state index < -0.39 is 0 Å². The fourth-order valence-corrected chi connectivity index (χ4v) is 1.28. The van der Waals surface area contributed by atoms with E-state index in [0.717, 1.165) is 18.2 Å². The van der Waals surface area contributed by atoms with Gasteiger partial charge in [0.2, 0.25) is 0 Å². The Kier molecular flexibility index (Phi) is 3.38. The third-order valence-corrected chi connectivity index (χ3v) is 1.98. The molecule has 78 valence electrons. The van der Waals surface area contributed by atoms with Crippen LogP contribution in [-0.2, 0) is 4.74 Å². The van der Waals surface area contributed by atoms with Gasteiger partial charge in [-0.05, 0) is 18.2 Å². The van der Waals surface area contributed by atoms with Gasteiger partial charge >= 0.3 is 0 Å². The monoisotopic (exact) mass is 203 g/mol. The minimum Gasteiger partial charge on any atom is -0.479 e. The number of aliphatic imine (C=N–C) groups is 1. The van der Waals surface area contributed by atoms with Gasteiger partial charge in [-0.2, -0.15) is 0 Å². The summed E-state index contributed by atoms with van der Waals surface area (Å²) >= 11 is 0. The molecule has 1 aromatic carbocycles. The van der Waals surface area contributed by atoms with Crippen LogP contribution >= 0.6 is 0 Å². The molecular formula is C12H13NO2. The van der Waals surface area contributed by atoms with E-state index in [-0.39, 0.29) is 0 Å². The van der Waals surface area contributed by atoms with E-state index in [2.05, 4.69) is 4.99 Å². The molecule has 0 atom stereocenters. The van der Waals surface area contributed by atoms with Gasteiger partial charge in [-0.15, -0.1) is 0 Å². The highest BCUT2D eigenvalue weighted by atomic mass is 16.5. The average Bonchev–Trinajstić information content (AvgIpc) is 2.79. The maximum Gasteiger partial charge on any atom is 0.187 e. The lowest BCUT2D eigenvalue weighted by molar-refractivity contribution is 0.341. The Bertz CT molecular complexity index is 357. The van der Waals surface area contributed by atoms with Gasteiger partial charge in [0, 0.05) is 6.42 Å². The van der Waals surface area contributed by atoms with E-state index in [9.17, 15) is 0 Å². The van der Waals surface area contributed by atoms with Gasteiger partial charge in [0.1, 0.15) is 12.4 Å². The summed E-state index contributed by atoms with van der Waals surface area (Å²) < 4.78 is 10.6. The Morgan fingerprint density at radius 1 is 1.33 bits per heavy atom. The van der Waals surface area contributed by atoms with Crippen molar-refractivity contribution in [3.05, 3.63) is 42.7 Å². The maximum atomic E-state index is 5.37. The summed E-state index contributed by atoms with van der Waals surface area (Å²) in [4.78, 5) is 4.17. The van der Waals surface area contributed by atoms with E-state index in [1.165, 1.54) is 0 Å². The number of hydrogen-bond donors (Lipinski definition) is 0. The van der Waals surface area contributed by atoms with Crippen LogP contribution in [0.2, 0.25) is 0 Å². The second-order valence-corrected chi connectivity index (χ2v) is 3.13. The molecule has 0 spiro atoms. The first-order chi connectivity index (χ1) is 7.45. The summed E-state index contributed by atoms with van der Waals surface area (Å²) in [5.74, 6) is 1.63. The molecule has 0 aliphatic carbocycles. The van der Waals surface area contributed by atoms with E-state index in [1.807, 2.05) is 36.4 Å². The summed E-state index contributed by atoms with van der Waals surface area (Å²) in [6.07, 6.45) is 4.27. The molecule has 0 saturated carbocycles. The average molecular weight is 203 g/mol. The molecule has 0 bridgehead atoms. The lowest BCUT2D eigenvalue weighted by Crippen LogP contribution is -1.96. The predicted molar refractivity (Wildman–Crippen MR) is 59.1 cm³/mol. The van der Waals surface area contributed by atoms with Crippen molar-refractivity contribution in [1.29, 1.82) is 0 Å². The van der Waals surface area contributed by atoms with E-state index >= 15 is 0 Å². The Balaban J connectivity index is 1.76. The number of rotatable bonds is 4. The first-order valence-electron chi connectivity index (χ1n) is 4.98. The molecule has 1 heterocycles. The summed E-state index contributed by atoms with van der Waals surface area (Å²) in [5.41, 5.74) is 0. The van der Waals surface area contributed by atoms with Gasteiger partial charge in [0.25, 0.3) is 0 Å². The van der Waals surface area contributed by atoms with Crippen molar-refractivity contribution in [2.75, 3.05) is 13.2 Å². The Morgan fingerprint density at radius 2 is 2.20 bits per heavy atom. The van der Waals surface area contributed by atoms with Gasteiger partial charge in [0.15, 0.2) is 5.90 Å². The highest BCUT2D eigenvalue weighted by Gasteiger charge is 2.03. The number of hydrogen-bond acceptors (Lipinski definition) is 3. The van der Waals surface area contributed by atoms with E-state index in [4.69, 9.17) is 9.47 Å². The zero-order chi connectivity index (χ0) is 10.3. The second kappa shape index (κ2) is 5.20. The summed E-state index contributed by atoms with van der Waals surface area (Å²) in [5, 5.41) is 0. The van der Waals surface area contributed by atoms with Gasteiger partial charge in [0.05, 0.1) is 12.8 Å². The van der Waals surface area contributed by atoms with Crippen LogP contribution in [0.3, 0.4) is 0 Å². The number of benzene rings is 1. The molecule has 0 radical (unpaired) electrons. The van der Waals surface area contributed by atoms with Crippen LogP contribution < -0.4 is 4.74 Å². The van der Waals surface area contributed by atoms with Crippen LogP contribution in [0.1, 0.15) is 6.42 Å². The highest BCUT2D eigenvalue weighted by Crippen LogP contribution is 2.08. The van der Waals surface area contributed by atoms with Crippen molar-refractivity contribution in [1.82, 2.24) is 0 Å². The molecular weight excluding hydrogens is 190 g/mol. The second-order valence-electron chi connectivity index (χ2n) is 3.13. The lowest BCUT2D eigenvalue weighted by atomic mass is 10.3. The molecule has 1 aromatic rings. The summed E-state index contributed by atoms with van der Waals surface area (Å²) in [7, 11) is 0. The Morgan fingerprint density at radius 3 is 2.93 bits per heavy atom. The van der Waals surface area contributed by atoms with Gasteiger partial charge < -0.3 is 9.47 Å². The molecule has 0 N–H and O–H groups in total. The zero-order valence-corrected chi connectivity index (χ0v) is 8.43. The van der Waals surface area contributed by atoms with Gasteiger partial charge in [-0.1, -0.05) is 18.2 Å². The predicted octanol–water partition coefficient (Wildman–Crippen LogP) is 2.40. The normalized spacial score (nSPS) is 15.1. The van der Waals surface area contributed by atoms with Crippen molar-refractivity contribution in [2.24, 2.45) is 4.99 Å². The van der Waals surface area contributed by atoms with Crippen LogP contribution in [0.5, 0.6) is 5.75 Å². The van der Waals surface area contributed by atoms with Crippen molar-refractivity contribution in [2.45, 2.75) is 6.42 Å². The molecule has 1 aliphatic heterocycles. The topological polar surface area (TPSA) is 30.8 Å². The largest absolute Gasteiger partial charge is 0.479 e. The maximum absolute atomic E-state index is 5.37. The summed E-state index contributed by atoms with van der Waals surface area (Å²) in [6, 6.07) is 9.65. The zero-order valence-electron chi connectivity index (χ0n) is 8.43. The van der Waals surface area contributed by atoms with Crippen molar-refractivity contribution in [3.63, 3.8) is 0 Å². The van der Waals surface area contributed by atoms with Gasteiger partial charge in [-0.25, -0.2) is 0 Å². The first-order valence-corrected chi connectivity index (χ1v) is 4.98. The number of nitrogens with zero attached hydrogens (tertiary/aromatic N) is 1. The quantitative estimate of drug-likeness (QED) is 0.703. The minimum atomic E-state index is 0.701. The molecule has 0 amide bonds. The lowest BCUT2D eigenvalue weighted by Gasteiger charge is -1.98. The van der Waals surface area contributed by atoms with Crippen molar-refractivity contribution >= 4 is 5.90 Å². The van der Waals surface area contributed by atoms with Crippen LogP contribution in [0.25, 0.3) is 0 Å². The Hall–Kier alpha value is -1.77. The Labute approximate surface area is 89.0 Å². The molecule has 0 fully saturated rings. The van der Waals surface area contributed by atoms with Crippen molar-refractivity contribution in [3.8, 4) is 5.75 Å². The molecule has 0 aromatic heterocycles. The third-order valence-electron chi connectivity index (χ3n) is 1.98. The van der Waals surface area contributed by atoms with Crippen LogP contribution in [-0.4, -0.2) is 19.0 Å².